The Bertz CT molecular complexity index is 1210. The summed E-state index contributed by atoms with van der Waals surface area (Å²) in [4.78, 5) is 21.1. The molecular formula is C27H34F2N4O2S. The number of benzene rings is 1. The van der Waals surface area contributed by atoms with Crippen LogP contribution in [0.5, 0.6) is 5.19 Å². The highest BCUT2D eigenvalue weighted by molar-refractivity contribution is 7.13. The van der Waals surface area contributed by atoms with Crippen molar-refractivity contribution in [3.63, 3.8) is 0 Å². The number of carbonyl (C=O) groups is 1. The van der Waals surface area contributed by atoms with Crippen molar-refractivity contribution in [2.24, 2.45) is 18.9 Å². The lowest BCUT2D eigenvalue weighted by molar-refractivity contribution is -0.0230. The molecule has 0 N–H and O–H groups in total. The molecule has 0 atom stereocenters. The summed E-state index contributed by atoms with van der Waals surface area (Å²) in [5, 5.41) is 5.86. The van der Waals surface area contributed by atoms with Gasteiger partial charge < -0.3 is 4.74 Å². The van der Waals surface area contributed by atoms with Crippen LogP contribution in [-0.2, 0) is 20.0 Å². The van der Waals surface area contributed by atoms with Crippen LogP contribution in [0.2, 0.25) is 0 Å². The molecule has 36 heavy (non-hydrogen) atoms. The van der Waals surface area contributed by atoms with Crippen LogP contribution in [0.3, 0.4) is 0 Å². The summed E-state index contributed by atoms with van der Waals surface area (Å²) in [5.74, 6) is -1.49. The molecule has 3 heterocycles. The van der Waals surface area contributed by atoms with Crippen LogP contribution in [0.25, 0.3) is 10.9 Å². The summed E-state index contributed by atoms with van der Waals surface area (Å²) < 4.78 is 33.1. The Morgan fingerprint density at radius 1 is 1.22 bits per heavy atom. The molecule has 1 fully saturated rings. The Morgan fingerprint density at radius 2 is 2.00 bits per heavy atom. The maximum absolute atomic E-state index is 13.1. The molecule has 194 valence electrons. The molecular weight excluding hydrogens is 482 g/mol. The fraction of sp³-hybridized carbons (Fsp3) is 0.593. The number of ether oxygens (including phenoxy) is 1. The minimum Gasteiger partial charge on any atom is -0.464 e. The molecule has 6 nitrogen and oxygen atoms in total. The normalized spacial score (nSPS) is 21.0. The van der Waals surface area contributed by atoms with E-state index >= 15 is 0 Å². The molecule has 1 aromatic carbocycles. The van der Waals surface area contributed by atoms with Crippen molar-refractivity contribution in [2.45, 2.75) is 64.3 Å². The molecule has 9 heteroatoms. The third kappa shape index (κ3) is 6.11. The fourth-order valence-corrected chi connectivity index (χ4v) is 6.43. The molecule has 1 aliphatic carbocycles. The molecule has 0 amide bonds. The van der Waals surface area contributed by atoms with Gasteiger partial charge in [0.05, 0.1) is 5.69 Å². The Kier molecular flexibility index (Phi) is 7.40. The molecule has 5 rings (SSSR count). The minimum absolute atomic E-state index is 0.209. The quantitative estimate of drug-likeness (QED) is 0.332. The zero-order valence-corrected chi connectivity index (χ0v) is 21.8. The summed E-state index contributed by atoms with van der Waals surface area (Å²) in [5.41, 5.74) is 2.54. The van der Waals surface area contributed by atoms with E-state index in [0.717, 1.165) is 79.3 Å². The van der Waals surface area contributed by atoms with Crippen molar-refractivity contribution < 1.29 is 18.3 Å². The van der Waals surface area contributed by atoms with E-state index in [4.69, 9.17) is 4.74 Å². The second-order valence-corrected chi connectivity index (χ2v) is 11.6. The number of fused-ring (bicyclic) bond motifs is 2. The van der Waals surface area contributed by atoms with Gasteiger partial charge in [0.1, 0.15) is 5.52 Å². The van der Waals surface area contributed by atoms with Gasteiger partial charge in [-0.3, -0.25) is 14.4 Å². The average molecular weight is 517 g/mol. The van der Waals surface area contributed by atoms with E-state index < -0.39 is 12.5 Å². The number of aromatic nitrogens is 3. The molecule has 0 saturated heterocycles. The summed E-state index contributed by atoms with van der Waals surface area (Å²) in [6.45, 7) is 2.99. The number of ketones is 1. The zero-order valence-electron chi connectivity index (χ0n) is 21.0. The van der Waals surface area contributed by atoms with Gasteiger partial charge in [0, 0.05) is 55.5 Å². The summed E-state index contributed by atoms with van der Waals surface area (Å²) >= 11 is 1.40. The summed E-state index contributed by atoms with van der Waals surface area (Å²) in [7, 11) is 1.89. The molecule has 1 saturated carbocycles. The number of nitrogens with zero attached hydrogens (tertiary/aromatic N) is 4. The number of aryl methyl sites for hydroxylation is 1. The van der Waals surface area contributed by atoms with Gasteiger partial charge in [-0.25, -0.2) is 13.8 Å². The lowest BCUT2D eigenvalue weighted by Crippen LogP contribution is -2.32. The molecule has 0 unspecified atom stereocenters. The van der Waals surface area contributed by atoms with Gasteiger partial charge in [-0.1, -0.05) is 36.3 Å². The second kappa shape index (κ2) is 10.5. The van der Waals surface area contributed by atoms with Gasteiger partial charge in [0.15, 0.2) is 12.4 Å². The van der Waals surface area contributed by atoms with Crippen LogP contribution in [0.15, 0.2) is 24.4 Å². The Hall–Kier alpha value is -2.39. The predicted molar refractivity (Wildman–Crippen MR) is 137 cm³/mol. The maximum Gasteiger partial charge on any atom is 0.278 e. The predicted octanol–water partition coefficient (Wildman–Crippen LogP) is 5.89. The number of thiazole rings is 1. The van der Waals surface area contributed by atoms with E-state index in [1.807, 2.05) is 31.4 Å². The van der Waals surface area contributed by atoms with E-state index in [1.54, 1.807) is 4.68 Å². The van der Waals surface area contributed by atoms with Crippen LogP contribution in [0, 0.1) is 11.8 Å². The smallest absolute Gasteiger partial charge is 0.278 e. The highest BCUT2D eigenvalue weighted by Gasteiger charge is 2.27. The number of carbonyl (C=O) groups excluding carboxylic acids is 1. The van der Waals surface area contributed by atoms with Crippen molar-refractivity contribution in [3.05, 3.63) is 40.5 Å². The Balaban J connectivity index is 1.06. The van der Waals surface area contributed by atoms with Gasteiger partial charge in [-0.15, -0.1) is 0 Å². The van der Waals surface area contributed by atoms with E-state index in [2.05, 4.69) is 15.0 Å². The third-order valence-corrected chi connectivity index (χ3v) is 8.55. The van der Waals surface area contributed by atoms with Crippen LogP contribution >= 0.6 is 11.3 Å². The fourth-order valence-electron chi connectivity index (χ4n) is 5.52. The summed E-state index contributed by atoms with van der Waals surface area (Å²) in [6.07, 6.45) is 9.16. The highest BCUT2D eigenvalue weighted by atomic mass is 32.1. The SMILES string of the molecule is Cn1cc2cccc(C(=O)CC3CCC(CCN4CCc5sc(OCC(C)(F)F)nc5C4)CC3)c2n1. The van der Waals surface area contributed by atoms with Gasteiger partial charge in [-0.05, 0) is 50.1 Å². The maximum atomic E-state index is 13.1. The van der Waals surface area contributed by atoms with E-state index in [-0.39, 0.29) is 5.78 Å². The van der Waals surface area contributed by atoms with Gasteiger partial charge in [-0.2, -0.15) is 5.10 Å². The van der Waals surface area contributed by atoms with E-state index in [1.165, 1.54) is 24.2 Å². The van der Waals surface area contributed by atoms with Gasteiger partial charge >= 0.3 is 0 Å². The topological polar surface area (TPSA) is 60.2 Å². The molecule has 2 aromatic heterocycles. The van der Waals surface area contributed by atoms with Crippen molar-refractivity contribution >= 4 is 28.0 Å². The Morgan fingerprint density at radius 3 is 2.78 bits per heavy atom. The van der Waals surface area contributed by atoms with E-state index in [0.29, 0.717) is 23.5 Å². The average Bonchev–Trinajstić information content (AvgIpc) is 3.43. The minimum atomic E-state index is -2.85. The molecule has 0 spiro atoms. The lowest BCUT2D eigenvalue weighted by atomic mass is 9.78. The van der Waals surface area contributed by atoms with Gasteiger partial charge in [0.2, 0.25) is 0 Å². The van der Waals surface area contributed by atoms with Crippen LogP contribution in [-0.4, -0.2) is 51.1 Å². The number of rotatable bonds is 9. The first-order valence-corrected chi connectivity index (χ1v) is 13.7. The first-order chi connectivity index (χ1) is 17.2. The standard InChI is InChI=1S/C27H34F2N4O2S/c1-27(28,29)17-35-26-30-22-16-33(13-11-24(22)36-26)12-10-18-6-8-19(9-7-18)14-23(34)21-5-3-4-20-15-32(2)31-25(20)21/h3-5,15,18-19H,6-14,16-17H2,1-2H3. The van der Waals surface area contributed by atoms with Crippen molar-refractivity contribution in [1.29, 1.82) is 0 Å². The number of Topliss-reactive ketones (excluding diaryl/α,β-unsaturated/α-hetero) is 1. The second-order valence-electron chi connectivity index (χ2n) is 10.6. The summed E-state index contributed by atoms with van der Waals surface area (Å²) in [6, 6.07) is 5.85. The van der Waals surface area contributed by atoms with Crippen LogP contribution < -0.4 is 4.74 Å². The first-order valence-electron chi connectivity index (χ1n) is 12.9. The van der Waals surface area contributed by atoms with Crippen molar-refractivity contribution in [2.75, 3.05) is 19.7 Å². The number of hydrogen-bond donors (Lipinski definition) is 0. The van der Waals surface area contributed by atoms with Crippen molar-refractivity contribution in [3.8, 4) is 5.19 Å². The van der Waals surface area contributed by atoms with Gasteiger partial charge in [0.25, 0.3) is 11.1 Å². The number of alkyl halides is 2. The van der Waals surface area contributed by atoms with E-state index in [9.17, 15) is 13.6 Å². The zero-order chi connectivity index (χ0) is 25.3. The van der Waals surface area contributed by atoms with Crippen LogP contribution in [0.1, 0.15) is 66.4 Å². The number of hydrogen-bond acceptors (Lipinski definition) is 6. The monoisotopic (exact) mass is 516 g/mol. The van der Waals surface area contributed by atoms with Crippen molar-refractivity contribution in [1.82, 2.24) is 19.7 Å². The first kappa shape index (κ1) is 25.3. The molecule has 0 radical (unpaired) electrons. The lowest BCUT2D eigenvalue weighted by Gasteiger charge is -2.31. The molecule has 0 bridgehead atoms. The Labute approximate surface area is 214 Å². The molecule has 1 aliphatic heterocycles. The largest absolute Gasteiger partial charge is 0.464 e. The van der Waals surface area contributed by atoms with Crippen LogP contribution in [0.4, 0.5) is 8.78 Å². The molecule has 3 aromatic rings. The highest BCUT2D eigenvalue weighted by Crippen LogP contribution is 2.35. The third-order valence-electron chi connectivity index (χ3n) is 7.48. The molecule has 2 aliphatic rings. The number of halogens is 2.